The van der Waals surface area contributed by atoms with Crippen molar-refractivity contribution in [2.24, 2.45) is 0 Å². The first-order valence-corrected chi connectivity index (χ1v) is 6.93. The quantitative estimate of drug-likeness (QED) is 0.799. The van der Waals surface area contributed by atoms with E-state index in [9.17, 15) is 5.11 Å². The smallest absolute Gasteiger partial charge is 0.119 e. The van der Waals surface area contributed by atoms with Crippen molar-refractivity contribution in [3.05, 3.63) is 42.0 Å². The number of β-amino-alcohol motifs (C(OH)–C–C–N with tert-alkyl or cyclic N) is 1. The second-order valence-corrected chi connectivity index (χ2v) is 5.34. The summed E-state index contributed by atoms with van der Waals surface area (Å²) in [4.78, 5) is 2.32. The first-order valence-electron chi connectivity index (χ1n) is 6.93. The zero-order valence-electron chi connectivity index (χ0n) is 11.6. The maximum atomic E-state index is 10.2. The Morgan fingerprint density at radius 3 is 2.53 bits per heavy atom. The standard InChI is InChI=1S/C16H23NO2/c1-13(2)12-19-15-7-5-14(6-8-15)16(18)11-17-9-3-4-10-17/h5-8,16,18H,1,3-4,9-12H2,2H3. The van der Waals surface area contributed by atoms with Crippen molar-refractivity contribution in [3.8, 4) is 5.75 Å². The van der Waals surface area contributed by atoms with Crippen molar-refractivity contribution in [2.75, 3.05) is 26.2 Å². The van der Waals surface area contributed by atoms with E-state index >= 15 is 0 Å². The first kappa shape index (κ1) is 14.1. The Balaban J connectivity index is 1.87. The van der Waals surface area contributed by atoms with Crippen molar-refractivity contribution in [1.29, 1.82) is 0 Å². The number of likely N-dealkylation sites (tertiary alicyclic amines) is 1. The van der Waals surface area contributed by atoms with Crippen molar-refractivity contribution < 1.29 is 9.84 Å². The van der Waals surface area contributed by atoms with Gasteiger partial charge in [-0.3, -0.25) is 0 Å². The highest BCUT2D eigenvalue weighted by atomic mass is 16.5. The van der Waals surface area contributed by atoms with Crippen LogP contribution in [0, 0.1) is 0 Å². The van der Waals surface area contributed by atoms with Gasteiger partial charge in [-0.05, 0) is 56.1 Å². The fraction of sp³-hybridized carbons (Fsp3) is 0.500. The summed E-state index contributed by atoms with van der Waals surface area (Å²) < 4.78 is 5.54. The Morgan fingerprint density at radius 2 is 1.95 bits per heavy atom. The highest BCUT2D eigenvalue weighted by Gasteiger charge is 2.16. The van der Waals surface area contributed by atoms with Crippen LogP contribution in [0.1, 0.15) is 31.4 Å². The molecule has 0 aliphatic carbocycles. The van der Waals surface area contributed by atoms with Gasteiger partial charge in [-0.25, -0.2) is 0 Å². The van der Waals surface area contributed by atoms with Crippen LogP contribution in [0.5, 0.6) is 5.75 Å². The minimum Gasteiger partial charge on any atom is -0.489 e. The largest absolute Gasteiger partial charge is 0.489 e. The fourth-order valence-corrected chi connectivity index (χ4v) is 2.31. The Bertz CT molecular complexity index is 407. The molecule has 1 aliphatic heterocycles. The molecular weight excluding hydrogens is 238 g/mol. The predicted octanol–water partition coefficient (Wildman–Crippen LogP) is 2.77. The molecule has 1 aliphatic rings. The van der Waals surface area contributed by atoms with E-state index in [-0.39, 0.29) is 0 Å². The predicted molar refractivity (Wildman–Crippen MR) is 77.4 cm³/mol. The van der Waals surface area contributed by atoms with Gasteiger partial charge in [-0.15, -0.1) is 0 Å². The highest BCUT2D eigenvalue weighted by Crippen LogP contribution is 2.20. The molecule has 1 N–H and O–H groups in total. The number of hydrogen-bond acceptors (Lipinski definition) is 3. The molecule has 0 radical (unpaired) electrons. The molecule has 0 aromatic heterocycles. The molecule has 1 fully saturated rings. The average Bonchev–Trinajstić information content (AvgIpc) is 2.89. The Labute approximate surface area is 115 Å². The van der Waals surface area contributed by atoms with Gasteiger partial charge in [-0.2, -0.15) is 0 Å². The monoisotopic (exact) mass is 261 g/mol. The summed E-state index contributed by atoms with van der Waals surface area (Å²) in [5.74, 6) is 0.820. The number of rotatable bonds is 6. The van der Waals surface area contributed by atoms with E-state index in [1.165, 1.54) is 12.8 Å². The Hall–Kier alpha value is -1.32. The third kappa shape index (κ3) is 4.37. The number of hydrogen-bond donors (Lipinski definition) is 1. The number of aliphatic hydroxyl groups excluding tert-OH is 1. The molecule has 1 aromatic rings. The zero-order valence-corrected chi connectivity index (χ0v) is 11.6. The molecule has 1 saturated heterocycles. The number of nitrogens with zero attached hydrogens (tertiary/aromatic N) is 1. The van der Waals surface area contributed by atoms with Crippen LogP contribution in [0.25, 0.3) is 0 Å². The third-order valence-corrected chi connectivity index (χ3v) is 3.38. The van der Waals surface area contributed by atoms with E-state index in [0.29, 0.717) is 6.61 Å². The maximum absolute atomic E-state index is 10.2. The van der Waals surface area contributed by atoms with Gasteiger partial charge >= 0.3 is 0 Å². The lowest BCUT2D eigenvalue weighted by atomic mass is 10.1. The van der Waals surface area contributed by atoms with E-state index in [1.54, 1.807) is 0 Å². The molecule has 1 heterocycles. The van der Waals surface area contributed by atoms with Crippen LogP contribution in [-0.2, 0) is 0 Å². The van der Waals surface area contributed by atoms with E-state index in [2.05, 4.69) is 11.5 Å². The van der Waals surface area contributed by atoms with Gasteiger partial charge < -0.3 is 14.7 Å². The lowest BCUT2D eigenvalue weighted by Gasteiger charge is -2.19. The molecule has 0 spiro atoms. The molecular formula is C16H23NO2. The van der Waals surface area contributed by atoms with Crippen LogP contribution in [0.2, 0.25) is 0 Å². The summed E-state index contributed by atoms with van der Waals surface area (Å²) in [7, 11) is 0. The van der Waals surface area contributed by atoms with Gasteiger partial charge in [0.15, 0.2) is 0 Å². The lowest BCUT2D eigenvalue weighted by Crippen LogP contribution is -2.25. The van der Waals surface area contributed by atoms with E-state index in [0.717, 1.165) is 36.5 Å². The molecule has 19 heavy (non-hydrogen) atoms. The molecule has 1 aromatic carbocycles. The van der Waals surface area contributed by atoms with Crippen LogP contribution in [0.4, 0.5) is 0 Å². The van der Waals surface area contributed by atoms with E-state index in [1.807, 2.05) is 31.2 Å². The summed E-state index contributed by atoms with van der Waals surface area (Å²) in [5.41, 5.74) is 1.95. The van der Waals surface area contributed by atoms with Gasteiger partial charge in [0.05, 0.1) is 6.10 Å². The molecule has 104 valence electrons. The Kier molecular flexibility index (Phi) is 5.00. The van der Waals surface area contributed by atoms with Gasteiger partial charge in [0.25, 0.3) is 0 Å². The SMILES string of the molecule is C=C(C)COc1ccc(C(O)CN2CCCC2)cc1. The van der Waals surface area contributed by atoms with Gasteiger partial charge in [0, 0.05) is 6.54 Å². The lowest BCUT2D eigenvalue weighted by molar-refractivity contribution is 0.126. The molecule has 0 bridgehead atoms. The van der Waals surface area contributed by atoms with Crippen molar-refractivity contribution >= 4 is 0 Å². The molecule has 1 atom stereocenters. The summed E-state index contributed by atoms with van der Waals surface area (Å²) in [6.07, 6.45) is 2.09. The molecule has 0 amide bonds. The van der Waals surface area contributed by atoms with Crippen molar-refractivity contribution in [3.63, 3.8) is 0 Å². The summed E-state index contributed by atoms with van der Waals surface area (Å²) in [6.45, 7) is 9.22. The van der Waals surface area contributed by atoms with Crippen LogP contribution < -0.4 is 4.74 Å². The van der Waals surface area contributed by atoms with Crippen LogP contribution in [0.15, 0.2) is 36.4 Å². The maximum Gasteiger partial charge on any atom is 0.119 e. The number of ether oxygens (including phenoxy) is 1. The molecule has 3 nitrogen and oxygen atoms in total. The Morgan fingerprint density at radius 1 is 1.32 bits per heavy atom. The van der Waals surface area contributed by atoms with E-state index < -0.39 is 6.10 Å². The van der Waals surface area contributed by atoms with Crippen molar-refractivity contribution in [1.82, 2.24) is 4.90 Å². The summed E-state index contributed by atoms with van der Waals surface area (Å²) in [5, 5.41) is 10.2. The molecule has 1 unspecified atom stereocenters. The molecule has 2 rings (SSSR count). The van der Waals surface area contributed by atoms with Gasteiger partial charge in [-0.1, -0.05) is 18.7 Å². The van der Waals surface area contributed by atoms with Crippen LogP contribution in [-0.4, -0.2) is 36.2 Å². The third-order valence-electron chi connectivity index (χ3n) is 3.38. The van der Waals surface area contributed by atoms with E-state index in [4.69, 9.17) is 4.74 Å². The zero-order chi connectivity index (χ0) is 13.7. The second-order valence-electron chi connectivity index (χ2n) is 5.34. The second kappa shape index (κ2) is 6.73. The highest BCUT2D eigenvalue weighted by molar-refractivity contribution is 5.29. The normalized spacial score (nSPS) is 17.4. The number of aliphatic hydroxyl groups is 1. The topological polar surface area (TPSA) is 32.7 Å². The summed E-state index contributed by atoms with van der Waals surface area (Å²) in [6, 6.07) is 7.69. The average molecular weight is 261 g/mol. The van der Waals surface area contributed by atoms with Gasteiger partial charge in [0.2, 0.25) is 0 Å². The molecule has 0 saturated carbocycles. The first-order chi connectivity index (χ1) is 9.15. The van der Waals surface area contributed by atoms with Crippen molar-refractivity contribution in [2.45, 2.75) is 25.9 Å². The number of benzene rings is 1. The van der Waals surface area contributed by atoms with Crippen LogP contribution in [0.3, 0.4) is 0 Å². The minimum atomic E-state index is -0.409. The minimum absolute atomic E-state index is 0.409. The van der Waals surface area contributed by atoms with Crippen LogP contribution >= 0.6 is 0 Å². The molecule has 3 heteroatoms. The van der Waals surface area contributed by atoms with Gasteiger partial charge in [0.1, 0.15) is 12.4 Å². The fourth-order valence-electron chi connectivity index (χ4n) is 2.31. The summed E-state index contributed by atoms with van der Waals surface area (Å²) >= 11 is 0.